The van der Waals surface area contributed by atoms with Crippen molar-refractivity contribution >= 4 is 50.6 Å². The monoisotopic (exact) mass is 1110 g/mol. The third kappa shape index (κ3) is 13.8. The van der Waals surface area contributed by atoms with Crippen LogP contribution in [0.15, 0.2) is 121 Å². The molecule has 15 heteroatoms. The molecule has 3 aromatic heterocycles. The quantitative estimate of drug-likeness (QED) is 0.0971. The van der Waals surface area contributed by atoms with Crippen LogP contribution in [0, 0.1) is 38.6 Å². The van der Waals surface area contributed by atoms with Crippen LogP contribution in [0.2, 0.25) is 0 Å². The van der Waals surface area contributed by atoms with E-state index < -0.39 is 0 Å². The minimum absolute atomic E-state index is 0. The van der Waals surface area contributed by atoms with Gasteiger partial charge in [-0.1, -0.05) is 91.0 Å². The van der Waals surface area contributed by atoms with Gasteiger partial charge in [-0.3, -0.25) is 39.0 Å². The Morgan fingerprint density at radius 3 is 1.25 bits per heavy atom. The van der Waals surface area contributed by atoms with Crippen molar-refractivity contribution in [3.05, 3.63) is 155 Å². The minimum Gasteiger partial charge on any atom is -0.348 e. The van der Waals surface area contributed by atoms with Gasteiger partial charge in [-0.05, 0) is 87.4 Å². The van der Waals surface area contributed by atoms with Gasteiger partial charge in [0.25, 0.3) is 0 Å². The number of nitrogens with one attached hydrogen (secondary N) is 3. The van der Waals surface area contributed by atoms with Crippen molar-refractivity contribution < 1.29 is 53.0 Å². The van der Waals surface area contributed by atoms with E-state index in [0.717, 1.165) is 92.3 Å². The van der Waals surface area contributed by atoms with Gasteiger partial charge in [0, 0.05) is 75.9 Å². The summed E-state index contributed by atoms with van der Waals surface area (Å²) in [5.41, 5.74) is 9.56. The van der Waals surface area contributed by atoms with Crippen LogP contribution < -0.4 is 16.0 Å². The van der Waals surface area contributed by atoms with Crippen molar-refractivity contribution in [1.82, 2.24) is 55.5 Å². The van der Waals surface area contributed by atoms with Gasteiger partial charge < -0.3 is 16.0 Å². The molecule has 3 N–H and O–H groups in total. The van der Waals surface area contributed by atoms with E-state index >= 15 is 0 Å². The van der Waals surface area contributed by atoms with E-state index in [1.165, 1.54) is 0 Å². The number of carbonyl (C=O) groups is 3. The maximum absolute atomic E-state index is 13.9. The molecular weight excluding hydrogens is 1050 g/mol. The summed E-state index contributed by atoms with van der Waals surface area (Å²) in [6, 6.07) is 37.8. The molecule has 0 radical (unpaired) electrons. The Balaban J connectivity index is 0.00000693. The predicted octanol–water partition coefficient (Wildman–Crippen LogP) is 6.96. The Hall–Kier alpha value is -5.42. The number of carbonyl (C=O) groups excluding carboxylic acids is 3. The number of fused-ring (bicyclic) bond motifs is 7. The van der Waals surface area contributed by atoms with Gasteiger partial charge in [0.2, 0.25) is 17.7 Å². The van der Waals surface area contributed by atoms with Gasteiger partial charge in [0.1, 0.15) is 0 Å². The summed E-state index contributed by atoms with van der Waals surface area (Å²) in [5, 5.41) is 11.6. The zero-order chi connectivity index (χ0) is 49.1. The minimum atomic E-state index is -0.161. The number of hydrogen-bond acceptors (Lipinski definition) is 11. The van der Waals surface area contributed by atoms with E-state index in [2.05, 4.69) is 53.7 Å². The smallest absolute Gasteiger partial charge is 0.348 e. The molecule has 4 aromatic carbocycles. The topological polar surface area (TPSA) is 152 Å². The number of aromatic nitrogens is 4. The Kier molecular flexibility index (Phi) is 18.7. The van der Waals surface area contributed by atoms with E-state index in [0.29, 0.717) is 58.9 Å². The summed E-state index contributed by atoms with van der Waals surface area (Å²) >= 11 is 0. The molecule has 3 atom stereocenters. The molecule has 1 aliphatic carbocycles. The van der Waals surface area contributed by atoms with Crippen LogP contribution in [-0.2, 0) is 33.8 Å². The first-order valence-corrected chi connectivity index (χ1v) is 25.4. The number of hydrogen-bond donors (Lipinski definition) is 3. The fraction of sp³-hybridized carbons (Fsp3) is 0.386. The summed E-state index contributed by atoms with van der Waals surface area (Å²) in [6.07, 6.45) is 5.94. The van der Waals surface area contributed by atoms with Crippen molar-refractivity contribution in [1.29, 1.82) is 0 Å². The fourth-order valence-electron chi connectivity index (χ4n) is 10.00. The van der Waals surface area contributed by atoms with E-state index in [-0.39, 0.29) is 94.1 Å². The molecule has 72 heavy (non-hydrogen) atoms. The largest absolute Gasteiger partial charge is 3.00 e. The van der Waals surface area contributed by atoms with Gasteiger partial charge >= 0.3 is 38.6 Å². The molecule has 3 amide bonds. The number of pyridine rings is 2. The molecule has 374 valence electrons. The van der Waals surface area contributed by atoms with Crippen molar-refractivity contribution in [2.24, 2.45) is 0 Å². The third-order valence-electron chi connectivity index (χ3n) is 14.1. The first-order valence-electron chi connectivity index (χ1n) is 25.4. The van der Waals surface area contributed by atoms with Crippen molar-refractivity contribution in [2.75, 3.05) is 72.0 Å². The zero-order valence-electron chi connectivity index (χ0n) is 41.7. The maximum Gasteiger partial charge on any atom is 3.00 e. The maximum atomic E-state index is 13.9. The van der Waals surface area contributed by atoms with Gasteiger partial charge in [-0.15, -0.1) is 0 Å². The summed E-state index contributed by atoms with van der Waals surface area (Å²) in [5.74, 6) is -0.197. The van der Waals surface area contributed by atoms with Crippen LogP contribution in [0.4, 0.5) is 0 Å². The first-order chi connectivity index (χ1) is 34.6. The Bertz CT molecular complexity index is 2850. The Morgan fingerprint density at radius 2 is 0.833 bits per heavy atom. The Labute approximate surface area is 454 Å². The van der Waals surface area contributed by atoms with Gasteiger partial charge in [-0.25, -0.2) is 15.0 Å². The van der Waals surface area contributed by atoms with Crippen LogP contribution in [0.3, 0.4) is 0 Å². The second-order valence-electron chi connectivity index (χ2n) is 19.3. The average molecular weight is 1110 g/mol. The number of nitrogens with zero attached hydrogens (tertiary/aromatic N) is 8. The van der Waals surface area contributed by atoms with E-state index in [4.69, 9.17) is 19.9 Å². The number of aryl methyl sites for hydroxylation is 2. The SMILES string of the molecule is C[C@H](NC(=O)CN1CCN(CC(=O)N[C@@H](C)c2ccccc2)CCN(Cc2ccc3c(n2)c2ncccc2c2nc4c(nc32)CCCC4)CCN(CC(=O)N[C@@H](C)c2ccccc2)CC1)c1ccccc1.[Tb+3]. The molecule has 1 saturated heterocycles. The van der Waals surface area contributed by atoms with E-state index in [1.807, 2.05) is 124 Å². The fourth-order valence-corrected chi connectivity index (χ4v) is 10.00. The average Bonchev–Trinajstić information content (AvgIpc) is 3.39. The summed E-state index contributed by atoms with van der Waals surface area (Å²) < 4.78 is 0. The summed E-state index contributed by atoms with van der Waals surface area (Å²) in [4.78, 5) is 71.1. The van der Waals surface area contributed by atoms with Crippen LogP contribution in [0.25, 0.3) is 32.8 Å². The number of rotatable bonds is 14. The Morgan fingerprint density at radius 1 is 0.458 bits per heavy atom. The van der Waals surface area contributed by atoms with Crippen LogP contribution in [0.5, 0.6) is 0 Å². The van der Waals surface area contributed by atoms with Crippen molar-refractivity contribution in [2.45, 2.75) is 71.1 Å². The van der Waals surface area contributed by atoms with Crippen LogP contribution in [-0.4, -0.2) is 129 Å². The van der Waals surface area contributed by atoms with Crippen LogP contribution >= 0.6 is 0 Å². The molecule has 0 bridgehead atoms. The van der Waals surface area contributed by atoms with Crippen molar-refractivity contribution in [3.63, 3.8) is 0 Å². The van der Waals surface area contributed by atoms with Gasteiger partial charge in [-0.2, -0.15) is 0 Å². The zero-order valence-corrected chi connectivity index (χ0v) is 43.9. The third-order valence-corrected chi connectivity index (χ3v) is 14.1. The predicted molar refractivity (Wildman–Crippen MR) is 280 cm³/mol. The molecule has 4 heterocycles. The van der Waals surface area contributed by atoms with Crippen LogP contribution in [0.1, 0.15) is 85.5 Å². The summed E-state index contributed by atoms with van der Waals surface area (Å²) in [6.45, 7) is 11.8. The second-order valence-corrected chi connectivity index (χ2v) is 19.3. The molecule has 0 spiro atoms. The van der Waals surface area contributed by atoms with E-state index in [1.54, 1.807) is 0 Å². The van der Waals surface area contributed by atoms with Gasteiger partial charge in [0.15, 0.2) is 0 Å². The van der Waals surface area contributed by atoms with E-state index in [9.17, 15) is 14.4 Å². The first kappa shape index (κ1) is 52.9. The molecule has 9 rings (SSSR count). The second kappa shape index (κ2) is 25.5. The molecule has 1 fully saturated rings. The standard InChI is InChI=1S/C57H67N11O3.Tb/c1-40(43-16-7-4-8-17-43)59-51(69)37-66-30-28-65(36-46-25-26-48-55(62-46)54-47(22-15-27-58-54)56-57(48)64-50-24-14-13-23-49(50)63-56)29-31-67(38-52(70)60-41(2)44-18-9-5-10-19-44)33-35-68(34-32-66)39-53(71)61-42(3)45-20-11-6-12-21-45;/h4-12,15-22,25-27,40-42H,13-14,23-24,28-39H2,1-3H3,(H,59,69)(H,60,70)(H,61,71);/q;+3/t40-,41-,42-;/m0./s1. The molecule has 0 unspecified atom stereocenters. The molecule has 14 nitrogen and oxygen atoms in total. The summed E-state index contributed by atoms with van der Waals surface area (Å²) in [7, 11) is 0. The molecule has 2 aliphatic rings. The van der Waals surface area contributed by atoms with Gasteiger partial charge in [0.05, 0.1) is 76.9 Å². The molecular formula is C57H67N11O3Tb+3. The number of amides is 3. The number of benzene rings is 4. The molecule has 7 aromatic rings. The normalized spacial score (nSPS) is 16.9. The molecule has 0 saturated carbocycles. The van der Waals surface area contributed by atoms with Crippen molar-refractivity contribution in [3.8, 4) is 0 Å². The molecule has 1 aliphatic heterocycles.